The van der Waals surface area contributed by atoms with Gasteiger partial charge in [0.05, 0.1) is 6.42 Å². The molecule has 0 radical (unpaired) electrons. The van der Waals surface area contributed by atoms with Crippen LogP contribution < -0.4 is 16.4 Å². The second kappa shape index (κ2) is 10.3. The average molecular weight is 436 g/mol. The number of hydrogen-bond donors (Lipinski definition) is 4. The number of carboxylic acid groups (broad SMARTS) is 1. The first kappa shape index (κ1) is 21.9. The van der Waals surface area contributed by atoms with E-state index in [0.717, 1.165) is 10.5 Å². The van der Waals surface area contributed by atoms with Gasteiger partial charge in [0.15, 0.2) is 0 Å². The summed E-state index contributed by atoms with van der Waals surface area (Å²) >= 11 is 1.46. The molecule has 1 atom stereocenters. The number of amides is 3. The number of thioether (sulfide) groups is 1. The highest BCUT2D eigenvalue weighted by Gasteiger charge is 2.17. The van der Waals surface area contributed by atoms with E-state index in [0.29, 0.717) is 16.9 Å². The lowest BCUT2D eigenvalue weighted by Crippen LogP contribution is -2.19. The minimum Gasteiger partial charge on any atom is -0.481 e. The van der Waals surface area contributed by atoms with Gasteiger partial charge in [0.1, 0.15) is 0 Å². The molecule has 0 aromatic heterocycles. The third-order valence-electron chi connectivity index (χ3n) is 4.34. The molecule has 0 saturated carbocycles. The lowest BCUT2D eigenvalue weighted by molar-refractivity contribution is -0.137. The number of carbonyl (C=O) groups is 3. The van der Waals surface area contributed by atoms with E-state index < -0.39 is 12.0 Å². The second-order valence-electron chi connectivity index (χ2n) is 6.66. The fourth-order valence-corrected chi connectivity index (χ4v) is 4.03. The van der Waals surface area contributed by atoms with E-state index in [9.17, 15) is 19.5 Å². The van der Waals surface area contributed by atoms with Crippen molar-refractivity contribution in [3.8, 4) is 0 Å². The Morgan fingerprint density at radius 3 is 2.00 bits per heavy atom. The molecule has 31 heavy (non-hydrogen) atoms. The zero-order valence-electron chi connectivity index (χ0n) is 16.4. The normalized spacial score (nSPS) is 11.4. The van der Waals surface area contributed by atoms with Gasteiger partial charge in [-0.25, -0.2) is 4.79 Å². The Morgan fingerprint density at radius 1 is 0.839 bits per heavy atom. The van der Waals surface area contributed by atoms with Crippen molar-refractivity contribution in [3.63, 3.8) is 0 Å². The largest absolute Gasteiger partial charge is 0.481 e. The van der Waals surface area contributed by atoms with Crippen molar-refractivity contribution in [1.82, 2.24) is 0 Å². The molecule has 3 aromatic rings. The van der Waals surface area contributed by atoms with Crippen molar-refractivity contribution in [3.05, 3.63) is 90.0 Å². The first-order valence-electron chi connectivity index (χ1n) is 9.42. The molecule has 7 nitrogen and oxygen atoms in total. The molecule has 0 spiro atoms. The Bertz CT molecular complexity index is 1050. The maximum absolute atomic E-state index is 12.4. The number of rotatable bonds is 8. The van der Waals surface area contributed by atoms with E-state index in [1.54, 1.807) is 36.4 Å². The zero-order chi connectivity index (χ0) is 22.2. The van der Waals surface area contributed by atoms with Crippen LogP contribution in [0.5, 0.6) is 0 Å². The summed E-state index contributed by atoms with van der Waals surface area (Å²) in [7, 11) is 0. The summed E-state index contributed by atoms with van der Waals surface area (Å²) in [4.78, 5) is 35.4. The van der Waals surface area contributed by atoms with Crippen LogP contribution in [0.1, 0.15) is 27.6 Å². The summed E-state index contributed by atoms with van der Waals surface area (Å²) in [5.41, 5.74) is 7.55. The van der Waals surface area contributed by atoms with Gasteiger partial charge in [-0.1, -0.05) is 30.3 Å². The molecule has 5 N–H and O–H groups in total. The monoisotopic (exact) mass is 435 g/mol. The molecule has 3 amide bonds. The van der Waals surface area contributed by atoms with E-state index in [1.165, 1.54) is 11.8 Å². The first-order chi connectivity index (χ1) is 14.9. The fourth-order valence-electron chi connectivity index (χ4n) is 2.89. The molecule has 158 valence electrons. The smallest absolute Gasteiger partial charge is 0.316 e. The van der Waals surface area contributed by atoms with Crippen molar-refractivity contribution in [2.45, 2.75) is 16.6 Å². The number of aliphatic carboxylic acids is 1. The van der Waals surface area contributed by atoms with Crippen LogP contribution in [0.15, 0.2) is 83.8 Å². The molecule has 3 rings (SSSR count). The van der Waals surface area contributed by atoms with Gasteiger partial charge in [0, 0.05) is 27.1 Å². The predicted molar refractivity (Wildman–Crippen MR) is 121 cm³/mol. The first-order valence-corrected chi connectivity index (χ1v) is 10.3. The summed E-state index contributed by atoms with van der Waals surface area (Å²) < 4.78 is 0. The van der Waals surface area contributed by atoms with Crippen LogP contribution in [-0.2, 0) is 4.79 Å². The van der Waals surface area contributed by atoms with Crippen LogP contribution in [0.4, 0.5) is 16.2 Å². The molecule has 0 fully saturated rings. The molecule has 0 aliphatic carbocycles. The highest BCUT2D eigenvalue weighted by molar-refractivity contribution is 7.99. The summed E-state index contributed by atoms with van der Waals surface area (Å²) in [5, 5.41) is 14.3. The van der Waals surface area contributed by atoms with E-state index in [1.807, 2.05) is 42.5 Å². The van der Waals surface area contributed by atoms with Crippen molar-refractivity contribution in [2.75, 3.05) is 10.6 Å². The predicted octanol–water partition coefficient (Wildman–Crippen LogP) is 4.74. The second-order valence-corrected chi connectivity index (χ2v) is 7.94. The van der Waals surface area contributed by atoms with E-state index in [2.05, 4.69) is 10.6 Å². The quantitative estimate of drug-likeness (QED) is 0.381. The van der Waals surface area contributed by atoms with Gasteiger partial charge in [0.2, 0.25) is 0 Å². The molecule has 0 aliphatic heterocycles. The van der Waals surface area contributed by atoms with Crippen LogP contribution in [0.25, 0.3) is 0 Å². The number of benzene rings is 3. The molecule has 0 heterocycles. The number of nitrogens with one attached hydrogen (secondary N) is 2. The highest BCUT2D eigenvalue weighted by atomic mass is 32.2. The summed E-state index contributed by atoms with van der Waals surface area (Å²) in [6.07, 6.45) is 0.00771. The van der Waals surface area contributed by atoms with Gasteiger partial charge in [-0.05, 0) is 54.1 Å². The Morgan fingerprint density at radius 2 is 1.42 bits per heavy atom. The van der Waals surface area contributed by atoms with Gasteiger partial charge >= 0.3 is 12.0 Å². The molecule has 1 unspecified atom stereocenters. The maximum atomic E-state index is 12.4. The van der Waals surface area contributed by atoms with Crippen LogP contribution in [-0.4, -0.2) is 23.0 Å². The topological polar surface area (TPSA) is 122 Å². The number of anilines is 2. The number of nitrogens with two attached hydrogens (primary N) is 1. The van der Waals surface area contributed by atoms with E-state index in [-0.39, 0.29) is 17.6 Å². The third kappa shape index (κ3) is 6.61. The van der Waals surface area contributed by atoms with Gasteiger partial charge in [0.25, 0.3) is 5.91 Å². The molecule has 0 aliphatic rings. The van der Waals surface area contributed by atoms with Crippen LogP contribution in [0.2, 0.25) is 0 Å². The Hall–Kier alpha value is -3.78. The van der Waals surface area contributed by atoms with E-state index >= 15 is 0 Å². The molecular weight excluding hydrogens is 414 g/mol. The van der Waals surface area contributed by atoms with Crippen LogP contribution >= 0.6 is 11.8 Å². The lowest BCUT2D eigenvalue weighted by Gasteiger charge is -2.15. The number of urea groups is 1. The van der Waals surface area contributed by atoms with Gasteiger partial charge in [-0.3, -0.25) is 9.59 Å². The minimum absolute atomic E-state index is 0.00771. The molecule has 0 saturated heterocycles. The van der Waals surface area contributed by atoms with Crippen LogP contribution in [0.3, 0.4) is 0 Å². The third-order valence-corrected chi connectivity index (χ3v) is 5.60. The summed E-state index contributed by atoms with van der Waals surface area (Å²) in [6, 6.07) is 22.4. The molecular formula is C23H21N3O4S. The van der Waals surface area contributed by atoms with Crippen molar-refractivity contribution in [2.24, 2.45) is 5.73 Å². The Labute approximate surface area is 183 Å². The van der Waals surface area contributed by atoms with Crippen molar-refractivity contribution in [1.29, 1.82) is 0 Å². The Kier molecular flexibility index (Phi) is 7.29. The molecule has 0 bridgehead atoms. The SMILES string of the molecule is NC(=O)Nc1ccc(C(=O)Nc2ccc(SC(CC(=O)O)c3ccccc3)cc2)cc1. The lowest BCUT2D eigenvalue weighted by atomic mass is 10.1. The number of carbonyl (C=O) groups excluding carboxylic acids is 2. The van der Waals surface area contributed by atoms with Crippen molar-refractivity contribution < 1.29 is 19.5 Å². The van der Waals surface area contributed by atoms with Crippen LogP contribution in [0, 0.1) is 0 Å². The summed E-state index contributed by atoms with van der Waals surface area (Å²) in [6.45, 7) is 0. The van der Waals surface area contributed by atoms with E-state index in [4.69, 9.17) is 5.73 Å². The molecule has 3 aromatic carbocycles. The minimum atomic E-state index is -0.859. The van der Waals surface area contributed by atoms with Gasteiger partial charge in [-0.15, -0.1) is 11.8 Å². The average Bonchev–Trinajstić information content (AvgIpc) is 2.75. The van der Waals surface area contributed by atoms with Gasteiger partial charge < -0.3 is 21.5 Å². The summed E-state index contributed by atoms with van der Waals surface area (Å²) in [5.74, 6) is -1.15. The van der Waals surface area contributed by atoms with Crippen molar-refractivity contribution >= 4 is 41.0 Å². The number of carboxylic acids is 1. The number of primary amides is 1. The maximum Gasteiger partial charge on any atom is 0.316 e. The molecule has 8 heteroatoms. The highest BCUT2D eigenvalue weighted by Crippen LogP contribution is 2.38. The zero-order valence-corrected chi connectivity index (χ0v) is 17.3. The number of hydrogen-bond acceptors (Lipinski definition) is 4. The fraction of sp³-hybridized carbons (Fsp3) is 0.0870. The Balaban J connectivity index is 1.64. The standard InChI is InChI=1S/C23H21N3O4S/c24-23(30)26-18-8-6-16(7-9-18)22(29)25-17-10-12-19(13-11-17)31-20(14-21(27)28)15-4-2-1-3-5-15/h1-13,20H,14H2,(H,25,29)(H,27,28)(H3,24,26,30). The van der Waals surface area contributed by atoms with Gasteiger partial charge in [-0.2, -0.15) is 0 Å².